The molecule has 0 aliphatic heterocycles. The third-order valence-corrected chi connectivity index (χ3v) is 7.01. The summed E-state index contributed by atoms with van der Waals surface area (Å²) in [6.45, 7) is 10.5. The van der Waals surface area contributed by atoms with E-state index >= 15 is 0 Å². The average Bonchev–Trinajstić information content (AvgIpc) is 3.62. The quantitative estimate of drug-likeness (QED) is 0.189. The number of hydrogen-bond donors (Lipinski definition) is 2. The number of nitrogens with zero attached hydrogens (tertiary/aromatic N) is 7. The van der Waals surface area contributed by atoms with Crippen molar-refractivity contribution in [2.45, 2.75) is 52.5 Å². The first-order valence-corrected chi connectivity index (χ1v) is 13.8. The highest BCUT2D eigenvalue weighted by molar-refractivity contribution is 5.84. The van der Waals surface area contributed by atoms with E-state index in [4.69, 9.17) is 9.97 Å². The minimum absolute atomic E-state index is 0.304. The summed E-state index contributed by atoms with van der Waals surface area (Å²) in [5, 5.41) is 6.73. The van der Waals surface area contributed by atoms with Crippen molar-refractivity contribution in [3.63, 3.8) is 0 Å². The molecule has 0 radical (unpaired) electrons. The molecule has 42 heavy (non-hydrogen) atoms. The lowest BCUT2D eigenvalue weighted by Gasteiger charge is -2.30. The molecule has 0 aliphatic carbocycles. The van der Waals surface area contributed by atoms with Gasteiger partial charge in [-0.15, -0.1) is 0 Å². The highest BCUT2D eigenvalue weighted by atomic mass is 19.4. The number of rotatable bonds is 11. The van der Waals surface area contributed by atoms with E-state index in [-0.39, 0.29) is 0 Å². The number of anilines is 3. The van der Waals surface area contributed by atoms with E-state index in [1.807, 2.05) is 39.6 Å². The summed E-state index contributed by atoms with van der Waals surface area (Å²) in [4.78, 5) is 20.5. The average molecular weight is 578 g/mol. The topological polar surface area (TPSA) is 88.7 Å². The first-order valence-electron chi connectivity index (χ1n) is 13.8. The lowest BCUT2D eigenvalue weighted by atomic mass is 10.1. The standard InChI is InChI=1S/C30H34F3N9/c1-20(2)42(21(3)4)16-14-35-27-26-28(41(19-36-26)17-22-5-7-23(8-6-22)30(31,32)33)39-29(38-27)37-24-9-11-25(12-10-24)40-15-13-34-18-40/h5-13,15,18-21H,14,16-17H2,1-4H3,(H2,35,37,38,39). The Kier molecular flexibility index (Phi) is 8.44. The molecule has 0 spiro atoms. The summed E-state index contributed by atoms with van der Waals surface area (Å²) in [6.07, 6.45) is 2.58. The van der Waals surface area contributed by atoms with Gasteiger partial charge in [-0.1, -0.05) is 12.1 Å². The third-order valence-electron chi connectivity index (χ3n) is 7.01. The molecule has 2 N–H and O–H groups in total. The van der Waals surface area contributed by atoms with Crippen molar-refractivity contribution in [3.8, 4) is 5.69 Å². The van der Waals surface area contributed by atoms with Crippen LogP contribution < -0.4 is 10.6 Å². The zero-order valence-corrected chi connectivity index (χ0v) is 24.0. The van der Waals surface area contributed by atoms with Crippen LogP contribution in [0.3, 0.4) is 0 Å². The van der Waals surface area contributed by atoms with Crippen LogP contribution in [-0.4, -0.2) is 59.1 Å². The molecular formula is C30H34F3N9. The number of alkyl halides is 3. The lowest BCUT2D eigenvalue weighted by molar-refractivity contribution is -0.137. The molecule has 0 amide bonds. The Morgan fingerprint density at radius 1 is 0.905 bits per heavy atom. The van der Waals surface area contributed by atoms with Crippen LogP contribution in [0, 0.1) is 0 Å². The molecule has 0 bridgehead atoms. The summed E-state index contributed by atoms with van der Waals surface area (Å²) in [7, 11) is 0. The summed E-state index contributed by atoms with van der Waals surface area (Å²) in [5.41, 5.74) is 2.93. The molecule has 0 atom stereocenters. The second-order valence-electron chi connectivity index (χ2n) is 10.6. The number of nitrogens with one attached hydrogen (secondary N) is 2. The summed E-state index contributed by atoms with van der Waals surface area (Å²) in [6, 6.07) is 13.7. The molecule has 3 heterocycles. The smallest absolute Gasteiger partial charge is 0.367 e. The highest BCUT2D eigenvalue weighted by Gasteiger charge is 2.30. The second kappa shape index (κ2) is 12.2. The van der Waals surface area contributed by atoms with Crippen LogP contribution >= 0.6 is 0 Å². The molecule has 0 fully saturated rings. The van der Waals surface area contributed by atoms with E-state index in [1.165, 1.54) is 12.1 Å². The zero-order chi connectivity index (χ0) is 29.9. The fraction of sp³-hybridized carbons (Fsp3) is 0.333. The van der Waals surface area contributed by atoms with Crippen molar-refractivity contribution in [3.05, 3.63) is 84.7 Å². The molecule has 5 aromatic rings. The predicted octanol–water partition coefficient (Wildman–Crippen LogP) is 6.35. The van der Waals surface area contributed by atoms with Crippen molar-refractivity contribution in [2.75, 3.05) is 23.7 Å². The van der Waals surface area contributed by atoms with Gasteiger partial charge in [0.25, 0.3) is 0 Å². The summed E-state index contributed by atoms with van der Waals surface area (Å²) < 4.78 is 42.9. The Bertz CT molecular complexity index is 1580. The zero-order valence-electron chi connectivity index (χ0n) is 24.0. The predicted molar refractivity (Wildman–Crippen MR) is 158 cm³/mol. The van der Waals surface area contributed by atoms with Crippen LogP contribution in [0.1, 0.15) is 38.8 Å². The lowest BCUT2D eigenvalue weighted by Crippen LogP contribution is -2.40. The van der Waals surface area contributed by atoms with Crippen molar-refractivity contribution in [1.82, 2.24) is 34.0 Å². The van der Waals surface area contributed by atoms with Crippen molar-refractivity contribution < 1.29 is 13.2 Å². The fourth-order valence-electron chi connectivity index (χ4n) is 4.91. The van der Waals surface area contributed by atoms with Gasteiger partial charge < -0.3 is 19.8 Å². The van der Waals surface area contributed by atoms with Gasteiger partial charge in [0.05, 0.1) is 24.8 Å². The van der Waals surface area contributed by atoms with Crippen molar-refractivity contribution in [1.29, 1.82) is 0 Å². The van der Waals surface area contributed by atoms with Crippen LogP contribution in [0.4, 0.5) is 30.6 Å². The van der Waals surface area contributed by atoms with Crippen molar-refractivity contribution in [2.24, 2.45) is 0 Å². The van der Waals surface area contributed by atoms with E-state index in [0.717, 1.165) is 30.1 Å². The van der Waals surface area contributed by atoms with Crippen LogP contribution in [0.2, 0.25) is 0 Å². The molecule has 220 valence electrons. The monoisotopic (exact) mass is 577 g/mol. The number of aromatic nitrogens is 6. The third kappa shape index (κ3) is 6.71. The van der Waals surface area contributed by atoms with E-state index < -0.39 is 11.7 Å². The maximum atomic E-state index is 13.1. The van der Waals surface area contributed by atoms with Gasteiger partial charge in [-0.05, 0) is 69.7 Å². The minimum atomic E-state index is -4.38. The van der Waals surface area contributed by atoms with Gasteiger partial charge >= 0.3 is 6.18 Å². The Morgan fingerprint density at radius 3 is 2.24 bits per heavy atom. The first-order chi connectivity index (χ1) is 20.1. The van der Waals surface area contributed by atoms with Crippen LogP contribution in [0.5, 0.6) is 0 Å². The number of imidazole rings is 2. The Balaban J connectivity index is 1.43. The summed E-state index contributed by atoms with van der Waals surface area (Å²) in [5.74, 6) is 0.954. The number of benzene rings is 2. The molecule has 0 saturated carbocycles. The number of fused-ring (bicyclic) bond motifs is 1. The van der Waals surface area contributed by atoms with Crippen LogP contribution in [0.15, 0.2) is 73.6 Å². The van der Waals surface area contributed by atoms with E-state index in [0.29, 0.717) is 53.7 Å². The molecular weight excluding hydrogens is 543 g/mol. The molecule has 2 aromatic carbocycles. The van der Waals surface area contributed by atoms with Gasteiger partial charge in [0, 0.05) is 48.9 Å². The van der Waals surface area contributed by atoms with Gasteiger partial charge in [-0.2, -0.15) is 23.1 Å². The fourth-order valence-corrected chi connectivity index (χ4v) is 4.91. The molecule has 9 nitrogen and oxygen atoms in total. The van der Waals surface area contributed by atoms with Gasteiger partial charge in [0.1, 0.15) is 0 Å². The Labute approximate surface area is 242 Å². The molecule has 12 heteroatoms. The molecule has 0 unspecified atom stereocenters. The maximum Gasteiger partial charge on any atom is 0.416 e. The molecule has 0 saturated heterocycles. The Hall–Kier alpha value is -4.45. The van der Waals surface area contributed by atoms with Gasteiger partial charge in [0.2, 0.25) is 5.95 Å². The highest BCUT2D eigenvalue weighted by Crippen LogP contribution is 2.30. The van der Waals surface area contributed by atoms with Crippen LogP contribution in [-0.2, 0) is 12.7 Å². The number of hydrogen-bond acceptors (Lipinski definition) is 7. The minimum Gasteiger partial charge on any atom is -0.367 e. The molecule has 5 rings (SSSR count). The van der Waals surface area contributed by atoms with Crippen molar-refractivity contribution >= 4 is 28.6 Å². The number of halogens is 3. The van der Waals surface area contributed by atoms with Gasteiger partial charge in [-0.3, -0.25) is 4.90 Å². The largest absolute Gasteiger partial charge is 0.416 e. The molecule has 0 aliphatic rings. The summed E-state index contributed by atoms with van der Waals surface area (Å²) >= 11 is 0. The van der Waals surface area contributed by atoms with Gasteiger partial charge in [0.15, 0.2) is 17.0 Å². The molecule has 3 aromatic heterocycles. The van der Waals surface area contributed by atoms with E-state index in [9.17, 15) is 13.2 Å². The SMILES string of the molecule is CC(C)N(CCNc1nc(Nc2ccc(-n3ccnc3)cc2)nc2c1ncn2Cc1ccc(C(F)(F)F)cc1)C(C)C. The normalized spacial score (nSPS) is 12.1. The van der Waals surface area contributed by atoms with E-state index in [1.54, 1.807) is 18.9 Å². The maximum absolute atomic E-state index is 13.1. The van der Waals surface area contributed by atoms with E-state index in [2.05, 4.69) is 53.2 Å². The van der Waals surface area contributed by atoms with Gasteiger partial charge in [-0.25, -0.2) is 9.97 Å². The van der Waals surface area contributed by atoms with Crippen LogP contribution in [0.25, 0.3) is 16.9 Å². The Morgan fingerprint density at radius 2 is 1.62 bits per heavy atom. The second-order valence-corrected chi connectivity index (χ2v) is 10.6. The first kappa shape index (κ1) is 29.1.